The molecule has 0 fully saturated rings. The van der Waals surface area contributed by atoms with Crippen LogP contribution in [0, 0.1) is 0 Å². The molecule has 0 bridgehead atoms. The van der Waals surface area contributed by atoms with E-state index in [0.29, 0.717) is 23.3 Å². The molecule has 0 aliphatic heterocycles. The van der Waals surface area contributed by atoms with Crippen LogP contribution in [0.2, 0.25) is 0 Å². The highest BCUT2D eigenvalue weighted by atomic mass is 32.1. The Morgan fingerprint density at radius 2 is 1.14 bits per heavy atom. The summed E-state index contributed by atoms with van der Waals surface area (Å²) in [6, 6.07) is 40.8. The first-order chi connectivity index (χ1) is 25.1. The van der Waals surface area contributed by atoms with Crippen LogP contribution < -0.4 is 0 Å². The Morgan fingerprint density at radius 3 is 1.88 bits per heavy atom. The summed E-state index contributed by atoms with van der Waals surface area (Å²) in [7, 11) is 0. The van der Waals surface area contributed by atoms with E-state index in [9.17, 15) is 4.39 Å². The highest BCUT2D eigenvalue weighted by Gasteiger charge is 2.20. The lowest BCUT2D eigenvalue weighted by Crippen LogP contribution is -2.00. The van der Waals surface area contributed by atoms with Crippen LogP contribution in [0.5, 0.6) is 0 Å². The van der Waals surface area contributed by atoms with Crippen molar-refractivity contribution in [1.29, 1.82) is 0 Å². The molecule has 9 rings (SSSR count). The number of nitrogens with zero attached hydrogens (tertiary/aromatic N) is 5. The van der Waals surface area contributed by atoms with E-state index in [1.54, 1.807) is 28.7 Å². The van der Waals surface area contributed by atoms with Crippen LogP contribution in [0.1, 0.15) is 5.69 Å². The highest BCUT2D eigenvalue weighted by Crippen LogP contribution is 2.44. The summed E-state index contributed by atoms with van der Waals surface area (Å²) < 4.78 is 18.2. The number of hydrogen-bond donors (Lipinski definition) is 0. The first kappa shape index (κ1) is 30.8. The average molecular weight is 696 g/mol. The normalized spacial score (nSPS) is 12.1. The summed E-state index contributed by atoms with van der Waals surface area (Å²) >= 11 is 3.33. The van der Waals surface area contributed by atoms with Crippen LogP contribution in [0.25, 0.3) is 92.1 Å². The van der Waals surface area contributed by atoms with Crippen LogP contribution in [-0.2, 0) is 0 Å². The molecule has 0 aliphatic carbocycles. The molecule has 0 radical (unpaired) electrons. The van der Waals surface area contributed by atoms with Gasteiger partial charge in [-0.05, 0) is 36.4 Å². The van der Waals surface area contributed by atoms with Gasteiger partial charge < -0.3 is 0 Å². The number of allylic oxidation sites excluding steroid dienone is 4. The third-order valence-electron chi connectivity index (χ3n) is 8.65. The fourth-order valence-corrected chi connectivity index (χ4v) is 8.63. The minimum Gasteiger partial charge on any atom is -0.227 e. The summed E-state index contributed by atoms with van der Waals surface area (Å²) in [5, 5.41) is 3.20. The maximum Gasteiger partial charge on any atom is 0.164 e. The first-order valence-corrected chi connectivity index (χ1v) is 18.0. The number of aromatic nitrogens is 5. The smallest absolute Gasteiger partial charge is 0.164 e. The highest BCUT2D eigenvalue weighted by molar-refractivity contribution is 7.26. The summed E-state index contributed by atoms with van der Waals surface area (Å²) in [6.45, 7) is 3.52. The SMILES string of the molecule is C=C/C(F)=C\C=C\c1nc(-c2cccc3c2sc2cccc(-c4nc(-c5ccccc5)nc(-c5ccccc5)n4)c23)nc2c1sc1ccccc12. The minimum atomic E-state index is -0.413. The lowest BCUT2D eigenvalue weighted by molar-refractivity contribution is 0.668. The van der Waals surface area contributed by atoms with Gasteiger partial charge in [0.15, 0.2) is 23.3 Å². The van der Waals surface area contributed by atoms with E-state index >= 15 is 0 Å². The predicted molar refractivity (Wildman–Crippen MR) is 211 cm³/mol. The molecule has 242 valence electrons. The number of rotatable bonds is 7. The molecule has 5 aromatic carbocycles. The van der Waals surface area contributed by atoms with Gasteiger partial charge in [-0.15, -0.1) is 22.7 Å². The van der Waals surface area contributed by atoms with Gasteiger partial charge in [0.1, 0.15) is 5.83 Å². The Morgan fingerprint density at radius 1 is 0.549 bits per heavy atom. The Bertz CT molecular complexity index is 2780. The topological polar surface area (TPSA) is 64.5 Å². The van der Waals surface area contributed by atoms with Crippen LogP contribution in [0.4, 0.5) is 4.39 Å². The van der Waals surface area contributed by atoms with Crippen molar-refractivity contribution in [2.45, 2.75) is 0 Å². The Kier molecular flexibility index (Phi) is 7.80. The molecule has 0 N–H and O–H groups in total. The number of benzene rings is 5. The summed E-state index contributed by atoms with van der Waals surface area (Å²) in [5.41, 5.74) is 5.29. The van der Waals surface area contributed by atoms with Gasteiger partial charge in [-0.2, -0.15) is 0 Å². The lowest BCUT2D eigenvalue weighted by atomic mass is 10.0. The van der Waals surface area contributed by atoms with Gasteiger partial charge in [-0.25, -0.2) is 29.3 Å². The fourth-order valence-electron chi connectivity index (χ4n) is 6.28. The molecule has 5 nitrogen and oxygen atoms in total. The molecular weight excluding hydrogens is 670 g/mol. The third kappa shape index (κ3) is 5.60. The van der Waals surface area contributed by atoms with E-state index in [2.05, 4.69) is 55.1 Å². The lowest BCUT2D eigenvalue weighted by Gasteiger charge is -2.09. The Hall–Kier alpha value is -6.22. The Labute approximate surface area is 300 Å². The molecule has 51 heavy (non-hydrogen) atoms. The van der Waals surface area contributed by atoms with Gasteiger partial charge >= 0.3 is 0 Å². The van der Waals surface area contributed by atoms with E-state index in [0.717, 1.165) is 68.4 Å². The van der Waals surface area contributed by atoms with Crippen molar-refractivity contribution in [1.82, 2.24) is 24.9 Å². The van der Waals surface area contributed by atoms with Crippen molar-refractivity contribution < 1.29 is 4.39 Å². The van der Waals surface area contributed by atoms with Crippen LogP contribution in [0.15, 0.2) is 152 Å². The fraction of sp³-hybridized carbons (Fsp3) is 0. The third-order valence-corrected chi connectivity index (χ3v) is 11.0. The molecule has 0 saturated heterocycles. The average Bonchev–Trinajstić information content (AvgIpc) is 3.77. The second-order valence-electron chi connectivity index (χ2n) is 11.8. The zero-order chi connectivity index (χ0) is 34.3. The van der Waals surface area contributed by atoms with E-state index in [1.165, 1.54) is 12.2 Å². The van der Waals surface area contributed by atoms with Crippen molar-refractivity contribution in [3.8, 4) is 45.6 Å². The quantitative estimate of drug-likeness (QED) is 0.155. The molecule has 0 spiro atoms. The number of fused-ring (bicyclic) bond motifs is 6. The summed E-state index contributed by atoms with van der Waals surface area (Å²) in [5.74, 6) is 2.03. The molecule has 8 heteroatoms. The largest absolute Gasteiger partial charge is 0.227 e. The second kappa shape index (κ2) is 12.9. The molecule has 0 unspecified atom stereocenters. The van der Waals surface area contributed by atoms with Crippen molar-refractivity contribution in [3.05, 3.63) is 158 Å². The molecule has 0 saturated carbocycles. The van der Waals surface area contributed by atoms with Gasteiger partial charge in [-0.1, -0.05) is 116 Å². The summed E-state index contributed by atoms with van der Waals surface area (Å²) in [4.78, 5) is 25.3. The zero-order valence-corrected chi connectivity index (χ0v) is 28.6. The second-order valence-corrected chi connectivity index (χ2v) is 13.9. The number of thiophene rings is 2. The predicted octanol–water partition coefficient (Wildman–Crippen LogP) is 12.1. The van der Waals surface area contributed by atoms with Crippen molar-refractivity contribution in [2.75, 3.05) is 0 Å². The van der Waals surface area contributed by atoms with Crippen LogP contribution in [-0.4, -0.2) is 24.9 Å². The van der Waals surface area contributed by atoms with E-state index < -0.39 is 5.83 Å². The molecular formula is C43H26FN5S2. The zero-order valence-electron chi connectivity index (χ0n) is 27.0. The van der Waals surface area contributed by atoms with Gasteiger partial charge in [0.05, 0.1) is 15.9 Å². The minimum absolute atomic E-state index is 0.413. The van der Waals surface area contributed by atoms with Gasteiger partial charge in [0.2, 0.25) is 0 Å². The van der Waals surface area contributed by atoms with E-state index in [-0.39, 0.29) is 0 Å². The van der Waals surface area contributed by atoms with E-state index in [4.69, 9.17) is 24.9 Å². The Balaban J connectivity index is 1.26. The molecule has 4 heterocycles. The van der Waals surface area contributed by atoms with Crippen molar-refractivity contribution in [3.63, 3.8) is 0 Å². The number of hydrogen-bond acceptors (Lipinski definition) is 7. The molecule has 0 amide bonds. The molecule has 0 atom stereocenters. The van der Waals surface area contributed by atoms with Crippen molar-refractivity contribution >= 4 is 69.2 Å². The summed E-state index contributed by atoms with van der Waals surface area (Å²) in [6.07, 6.45) is 6.07. The van der Waals surface area contributed by atoms with Crippen molar-refractivity contribution in [2.24, 2.45) is 0 Å². The van der Waals surface area contributed by atoms with Gasteiger partial charge in [-0.3, -0.25) is 0 Å². The van der Waals surface area contributed by atoms with E-state index in [1.807, 2.05) is 78.9 Å². The maximum absolute atomic E-state index is 14.0. The maximum atomic E-state index is 14.0. The molecule has 0 aliphatic rings. The first-order valence-electron chi connectivity index (χ1n) is 16.3. The van der Waals surface area contributed by atoms with Gasteiger partial charge in [0, 0.05) is 52.5 Å². The van der Waals surface area contributed by atoms with Crippen LogP contribution >= 0.6 is 22.7 Å². The number of halogens is 1. The monoisotopic (exact) mass is 695 g/mol. The molecule has 9 aromatic rings. The van der Waals surface area contributed by atoms with Crippen LogP contribution in [0.3, 0.4) is 0 Å². The van der Waals surface area contributed by atoms with Gasteiger partial charge in [0.25, 0.3) is 0 Å². The molecule has 4 aromatic heterocycles. The standard InChI is InChI=1S/C43H26FN5S2/c1-2-28(44)18-11-23-33-39-37(29-19-9-10-24-34(29)50-39)46-43(45-33)32-22-12-20-30-36-31(21-13-25-35(36)51-38(30)32)42-48-40(26-14-5-3-6-15-26)47-41(49-42)27-16-7-4-8-17-27/h2-25H,1H2/b23-11+,28-18+.